The van der Waals surface area contributed by atoms with Gasteiger partial charge >= 0.3 is 0 Å². The summed E-state index contributed by atoms with van der Waals surface area (Å²) in [6.07, 6.45) is -0.453. The Hall–Kier alpha value is -2.62. The number of benzene rings is 2. The lowest BCUT2D eigenvalue weighted by Crippen LogP contribution is -2.51. The van der Waals surface area contributed by atoms with Crippen LogP contribution in [0.1, 0.15) is 18.1 Å². The minimum Gasteiger partial charge on any atom is -0.479 e. The van der Waals surface area contributed by atoms with Crippen LogP contribution in [0.25, 0.3) is 0 Å². The van der Waals surface area contributed by atoms with Gasteiger partial charge in [0.25, 0.3) is 5.91 Å². The Morgan fingerprint density at radius 2 is 1.81 bits per heavy atom. The number of fused-ring (bicyclic) bond motifs is 1. The minimum absolute atomic E-state index is 0.0486. The van der Waals surface area contributed by atoms with Crippen molar-refractivity contribution in [3.8, 4) is 5.75 Å². The topological polar surface area (TPSA) is 96.0 Å². The van der Waals surface area contributed by atoms with Crippen molar-refractivity contribution in [2.24, 2.45) is 0 Å². The highest BCUT2D eigenvalue weighted by atomic mass is 35.5. The van der Waals surface area contributed by atoms with Gasteiger partial charge in [0.15, 0.2) is 6.10 Å². The first-order chi connectivity index (χ1) is 15.1. The Labute approximate surface area is 192 Å². The zero-order valence-electron chi connectivity index (χ0n) is 17.8. The van der Waals surface area contributed by atoms with E-state index in [1.807, 2.05) is 12.1 Å². The number of sulfonamides is 1. The van der Waals surface area contributed by atoms with Gasteiger partial charge in [-0.25, -0.2) is 8.42 Å². The predicted octanol–water partition coefficient (Wildman–Crippen LogP) is 2.44. The summed E-state index contributed by atoms with van der Waals surface area (Å²) in [6.45, 7) is 4.34. The maximum Gasteiger partial charge on any atom is 0.265 e. The molecule has 2 aliphatic rings. The second-order valence-corrected chi connectivity index (χ2v) is 10.3. The van der Waals surface area contributed by atoms with Gasteiger partial charge in [-0.2, -0.15) is 4.31 Å². The van der Waals surface area contributed by atoms with E-state index < -0.39 is 16.1 Å². The van der Waals surface area contributed by atoms with Crippen LogP contribution in [0.2, 0.25) is 5.02 Å². The van der Waals surface area contributed by atoms with Crippen molar-refractivity contribution >= 4 is 39.1 Å². The lowest BCUT2D eigenvalue weighted by molar-refractivity contribution is -0.131. The molecule has 8 nitrogen and oxygen atoms in total. The standard InChI is InChI=1S/C22H24ClN3O5S/c1-14-11-18-19(31-15(2)22(28)24-18)13-20(14)32(29,30)26-9-7-25(8-10-26)21(27)12-16-3-5-17(23)6-4-16/h3-6,11,13,15H,7-10,12H2,1-2H3,(H,24,28)/t15-/m1/s1. The van der Waals surface area contributed by atoms with Crippen molar-refractivity contribution in [2.45, 2.75) is 31.3 Å². The van der Waals surface area contributed by atoms with Crippen molar-refractivity contribution < 1.29 is 22.7 Å². The largest absolute Gasteiger partial charge is 0.479 e. The van der Waals surface area contributed by atoms with Crippen molar-refractivity contribution in [2.75, 3.05) is 31.5 Å². The molecule has 32 heavy (non-hydrogen) atoms. The molecular formula is C22H24ClN3O5S. The maximum atomic E-state index is 13.3. The SMILES string of the molecule is Cc1cc2c(cc1S(=O)(=O)N1CCN(C(=O)Cc3ccc(Cl)cc3)CC1)O[C@H](C)C(=O)N2. The summed E-state index contributed by atoms with van der Waals surface area (Å²) >= 11 is 5.89. The van der Waals surface area contributed by atoms with Gasteiger partial charge in [-0.15, -0.1) is 0 Å². The molecule has 170 valence electrons. The monoisotopic (exact) mass is 477 g/mol. The minimum atomic E-state index is -3.78. The third-order valence-electron chi connectivity index (χ3n) is 5.69. The van der Waals surface area contributed by atoms with Gasteiger partial charge in [0, 0.05) is 37.3 Å². The molecular weight excluding hydrogens is 454 g/mol. The summed E-state index contributed by atoms with van der Waals surface area (Å²) in [5, 5.41) is 3.34. The molecule has 1 N–H and O–H groups in total. The number of halogens is 1. The number of carbonyl (C=O) groups excluding carboxylic acids is 2. The fourth-order valence-electron chi connectivity index (χ4n) is 3.83. The first-order valence-corrected chi connectivity index (χ1v) is 12.1. The van der Waals surface area contributed by atoms with Crippen LogP contribution >= 0.6 is 11.6 Å². The molecule has 4 rings (SSSR count). The summed E-state index contributed by atoms with van der Waals surface area (Å²) < 4.78 is 33.6. The first-order valence-electron chi connectivity index (χ1n) is 10.3. The molecule has 0 saturated carbocycles. The van der Waals surface area contributed by atoms with Gasteiger partial charge < -0.3 is 15.0 Å². The van der Waals surface area contributed by atoms with E-state index in [1.54, 1.807) is 36.9 Å². The molecule has 1 atom stereocenters. The fraction of sp³-hybridized carbons (Fsp3) is 0.364. The van der Waals surface area contributed by atoms with Gasteiger partial charge in [-0.1, -0.05) is 23.7 Å². The second kappa shape index (κ2) is 8.73. The molecule has 0 radical (unpaired) electrons. The van der Waals surface area contributed by atoms with Crippen LogP contribution in [-0.2, 0) is 26.0 Å². The Morgan fingerprint density at radius 1 is 1.16 bits per heavy atom. The molecule has 2 heterocycles. The quantitative estimate of drug-likeness (QED) is 0.729. The van der Waals surface area contributed by atoms with E-state index >= 15 is 0 Å². The number of hydrogen-bond donors (Lipinski definition) is 1. The molecule has 2 aliphatic heterocycles. The van der Waals surface area contributed by atoms with E-state index in [0.29, 0.717) is 35.1 Å². The number of ether oxygens (including phenoxy) is 1. The number of nitrogens with one attached hydrogen (secondary N) is 1. The number of carbonyl (C=O) groups is 2. The Kier molecular flexibility index (Phi) is 6.15. The van der Waals surface area contributed by atoms with E-state index in [1.165, 1.54) is 10.4 Å². The van der Waals surface area contributed by atoms with Crippen LogP contribution in [0, 0.1) is 6.92 Å². The van der Waals surface area contributed by atoms with Gasteiger partial charge in [0.1, 0.15) is 5.75 Å². The molecule has 0 aliphatic carbocycles. The smallest absolute Gasteiger partial charge is 0.265 e. The van der Waals surface area contributed by atoms with Gasteiger partial charge in [0.2, 0.25) is 15.9 Å². The molecule has 1 saturated heterocycles. The highest BCUT2D eigenvalue weighted by molar-refractivity contribution is 7.89. The zero-order valence-corrected chi connectivity index (χ0v) is 19.4. The number of amides is 2. The Bertz CT molecular complexity index is 1160. The number of rotatable bonds is 4. The van der Waals surface area contributed by atoms with E-state index in [2.05, 4.69) is 5.32 Å². The summed E-state index contributed by atoms with van der Waals surface area (Å²) in [6, 6.07) is 10.2. The second-order valence-electron chi connectivity index (χ2n) is 7.95. The number of piperazine rings is 1. The normalized spacial score (nSPS) is 19.2. The van der Waals surface area contributed by atoms with E-state index in [4.69, 9.17) is 16.3 Å². The van der Waals surface area contributed by atoms with Gasteiger partial charge in [-0.3, -0.25) is 9.59 Å². The van der Waals surface area contributed by atoms with Crippen LogP contribution in [-0.4, -0.2) is 61.7 Å². The summed E-state index contributed by atoms with van der Waals surface area (Å²) in [5.74, 6) is 0.0115. The predicted molar refractivity (Wildman–Crippen MR) is 120 cm³/mol. The van der Waals surface area contributed by atoms with Crippen LogP contribution in [0.15, 0.2) is 41.3 Å². The average Bonchev–Trinajstić information content (AvgIpc) is 2.76. The Balaban J connectivity index is 1.45. The van der Waals surface area contributed by atoms with E-state index in [0.717, 1.165) is 5.56 Å². The van der Waals surface area contributed by atoms with Crippen LogP contribution < -0.4 is 10.1 Å². The number of anilines is 1. The highest BCUT2D eigenvalue weighted by Crippen LogP contribution is 2.35. The van der Waals surface area contributed by atoms with Crippen molar-refractivity contribution in [3.63, 3.8) is 0 Å². The lowest BCUT2D eigenvalue weighted by atomic mass is 10.1. The van der Waals surface area contributed by atoms with Gasteiger partial charge in [-0.05, 0) is 43.2 Å². The number of nitrogens with zero attached hydrogens (tertiary/aromatic N) is 2. The molecule has 0 unspecified atom stereocenters. The molecule has 0 spiro atoms. The van der Waals surface area contributed by atoms with Crippen molar-refractivity contribution in [3.05, 3.63) is 52.5 Å². The summed E-state index contributed by atoms with van der Waals surface area (Å²) in [7, 11) is -3.78. The number of hydrogen-bond acceptors (Lipinski definition) is 5. The molecule has 2 aromatic rings. The third-order valence-corrected chi connectivity index (χ3v) is 7.98. The average molecular weight is 478 g/mol. The summed E-state index contributed by atoms with van der Waals surface area (Å²) in [5.41, 5.74) is 1.84. The highest BCUT2D eigenvalue weighted by Gasteiger charge is 2.33. The van der Waals surface area contributed by atoms with Crippen molar-refractivity contribution in [1.29, 1.82) is 0 Å². The zero-order chi connectivity index (χ0) is 23.0. The van der Waals surface area contributed by atoms with E-state index in [-0.39, 0.29) is 36.2 Å². The first kappa shape index (κ1) is 22.6. The molecule has 0 bridgehead atoms. The molecule has 2 aromatic carbocycles. The number of aryl methyl sites for hydroxylation is 1. The molecule has 1 fully saturated rings. The third kappa shape index (κ3) is 4.46. The maximum absolute atomic E-state index is 13.3. The Morgan fingerprint density at radius 3 is 2.47 bits per heavy atom. The van der Waals surface area contributed by atoms with E-state index in [9.17, 15) is 18.0 Å². The van der Waals surface area contributed by atoms with Crippen LogP contribution in [0.4, 0.5) is 5.69 Å². The summed E-state index contributed by atoms with van der Waals surface area (Å²) in [4.78, 5) is 26.3. The molecule has 2 amide bonds. The van der Waals surface area contributed by atoms with Crippen LogP contribution in [0.5, 0.6) is 5.75 Å². The molecule has 0 aromatic heterocycles. The van der Waals surface area contributed by atoms with Gasteiger partial charge in [0.05, 0.1) is 17.0 Å². The van der Waals surface area contributed by atoms with Crippen LogP contribution in [0.3, 0.4) is 0 Å². The van der Waals surface area contributed by atoms with Crippen molar-refractivity contribution in [1.82, 2.24) is 9.21 Å². The fourth-order valence-corrected chi connectivity index (χ4v) is 5.60. The lowest BCUT2D eigenvalue weighted by Gasteiger charge is -2.34. The molecule has 10 heteroatoms.